The first-order valence-corrected chi connectivity index (χ1v) is 10.1. The maximum absolute atomic E-state index is 9.70. The molecule has 0 aliphatic carbocycles. The van der Waals surface area contributed by atoms with Gasteiger partial charge in [0.05, 0.1) is 12.1 Å². The lowest BCUT2D eigenvalue weighted by atomic mass is 9.95. The van der Waals surface area contributed by atoms with Crippen molar-refractivity contribution in [2.24, 2.45) is 0 Å². The van der Waals surface area contributed by atoms with Gasteiger partial charge >= 0.3 is 0 Å². The second-order valence-electron chi connectivity index (χ2n) is 7.14. The Kier molecular flexibility index (Phi) is 7.39. The second kappa shape index (κ2) is 10.2. The fourth-order valence-electron chi connectivity index (χ4n) is 2.99. The van der Waals surface area contributed by atoms with Crippen molar-refractivity contribution in [2.45, 2.75) is 0 Å². The molecule has 0 aliphatic rings. The Morgan fingerprint density at radius 1 is 0.800 bits per heavy atom. The Morgan fingerprint density at radius 3 is 1.83 bits per heavy atom. The third kappa shape index (κ3) is 5.56. The van der Waals surface area contributed by atoms with Crippen LogP contribution in [0.1, 0.15) is 16.7 Å². The molecule has 0 aromatic heterocycles. The number of methoxy groups -OCH3 is 1. The van der Waals surface area contributed by atoms with Gasteiger partial charge in [-0.1, -0.05) is 35.9 Å². The van der Waals surface area contributed by atoms with E-state index in [0.29, 0.717) is 11.6 Å². The van der Waals surface area contributed by atoms with Crippen molar-refractivity contribution < 1.29 is 14.6 Å². The van der Waals surface area contributed by atoms with E-state index >= 15 is 0 Å². The number of nitrogens with zero attached hydrogens (tertiary/aromatic N) is 1. The van der Waals surface area contributed by atoms with Crippen LogP contribution in [0.2, 0.25) is 0 Å². The fourth-order valence-corrected chi connectivity index (χ4v) is 3.34. The molecule has 4 nitrogen and oxygen atoms in total. The Hall–Kier alpha value is -2.95. The lowest BCUT2D eigenvalue weighted by Crippen LogP contribution is -2.19. The van der Waals surface area contributed by atoms with E-state index in [9.17, 15) is 5.11 Å². The minimum absolute atomic E-state index is 0.211. The van der Waals surface area contributed by atoms with Gasteiger partial charge in [0.1, 0.15) is 23.9 Å². The molecule has 0 saturated heterocycles. The van der Waals surface area contributed by atoms with Gasteiger partial charge in [0.25, 0.3) is 0 Å². The van der Waals surface area contributed by atoms with Crippen LogP contribution in [0.5, 0.6) is 17.2 Å². The van der Waals surface area contributed by atoms with Crippen molar-refractivity contribution in [3.8, 4) is 17.2 Å². The van der Waals surface area contributed by atoms with Gasteiger partial charge in [0.15, 0.2) is 0 Å². The molecule has 0 bridgehead atoms. The van der Waals surface area contributed by atoms with E-state index in [1.165, 1.54) is 0 Å². The average molecular weight is 424 g/mol. The van der Waals surface area contributed by atoms with Crippen molar-refractivity contribution >= 4 is 22.2 Å². The molecule has 0 spiro atoms. The number of ether oxygens (including phenoxy) is 2. The molecule has 0 saturated carbocycles. The molecule has 30 heavy (non-hydrogen) atoms. The molecule has 1 N–H and O–H groups in total. The van der Waals surface area contributed by atoms with Crippen molar-refractivity contribution in [3.05, 3.63) is 89.5 Å². The van der Waals surface area contributed by atoms with E-state index in [1.54, 1.807) is 19.2 Å². The number of hydrogen-bond donors (Lipinski definition) is 1. The summed E-state index contributed by atoms with van der Waals surface area (Å²) in [5.74, 6) is 1.79. The number of aromatic hydroxyl groups is 1. The number of rotatable bonds is 8. The summed E-state index contributed by atoms with van der Waals surface area (Å²) in [5.41, 5.74) is 3.63. The predicted molar refractivity (Wildman–Crippen MR) is 123 cm³/mol. The van der Waals surface area contributed by atoms with E-state index < -0.39 is 0 Å². The SMILES string of the molecule is COc1ccc(/C(Cl)=C(/c2ccc(O)cc2)c2ccc(OCCN(C)C)cc2)cc1. The summed E-state index contributed by atoms with van der Waals surface area (Å²) < 4.78 is 11.1. The third-order valence-electron chi connectivity index (χ3n) is 4.67. The summed E-state index contributed by atoms with van der Waals surface area (Å²) in [7, 11) is 5.67. The van der Waals surface area contributed by atoms with E-state index in [2.05, 4.69) is 4.90 Å². The highest BCUT2D eigenvalue weighted by atomic mass is 35.5. The van der Waals surface area contributed by atoms with Gasteiger partial charge in [-0.15, -0.1) is 0 Å². The fraction of sp³-hybridized carbons (Fsp3) is 0.200. The highest BCUT2D eigenvalue weighted by Crippen LogP contribution is 2.36. The van der Waals surface area contributed by atoms with Gasteiger partial charge in [-0.2, -0.15) is 0 Å². The topological polar surface area (TPSA) is 41.9 Å². The minimum atomic E-state index is 0.211. The molecule has 0 unspecified atom stereocenters. The van der Waals surface area contributed by atoms with Gasteiger partial charge < -0.3 is 19.5 Å². The number of phenols is 1. The van der Waals surface area contributed by atoms with Crippen LogP contribution in [-0.2, 0) is 0 Å². The molecule has 3 aromatic carbocycles. The smallest absolute Gasteiger partial charge is 0.119 e. The molecule has 0 atom stereocenters. The van der Waals surface area contributed by atoms with E-state index in [4.69, 9.17) is 21.1 Å². The highest BCUT2D eigenvalue weighted by molar-refractivity contribution is 6.53. The first-order chi connectivity index (χ1) is 14.5. The normalized spacial score (nSPS) is 11.9. The molecule has 0 fully saturated rings. The summed E-state index contributed by atoms with van der Waals surface area (Å²) in [4.78, 5) is 2.08. The van der Waals surface area contributed by atoms with Crippen LogP contribution in [0.25, 0.3) is 10.6 Å². The Labute approximate surface area is 182 Å². The molecule has 0 radical (unpaired) electrons. The largest absolute Gasteiger partial charge is 0.508 e. The van der Waals surface area contributed by atoms with Gasteiger partial charge in [0.2, 0.25) is 0 Å². The summed E-state index contributed by atoms with van der Waals surface area (Å²) >= 11 is 6.87. The molecule has 0 heterocycles. The lowest BCUT2D eigenvalue weighted by molar-refractivity contribution is 0.261. The van der Waals surface area contributed by atoms with Crippen LogP contribution in [0.15, 0.2) is 72.8 Å². The number of phenolic OH excluding ortho intramolecular Hbond substituents is 1. The third-order valence-corrected chi connectivity index (χ3v) is 5.08. The number of likely N-dealkylation sites (N-methyl/N-ethyl adjacent to an activating group) is 1. The summed E-state index contributed by atoms with van der Waals surface area (Å²) in [6.45, 7) is 1.48. The van der Waals surface area contributed by atoms with Crippen molar-refractivity contribution in [1.82, 2.24) is 4.90 Å². The van der Waals surface area contributed by atoms with Crippen LogP contribution in [0.4, 0.5) is 0 Å². The van der Waals surface area contributed by atoms with Crippen LogP contribution >= 0.6 is 11.6 Å². The van der Waals surface area contributed by atoms with Crippen molar-refractivity contribution in [2.75, 3.05) is 34.4 Å². The van der Waals surface area contributed by atoms with Crippen LogP contribution in [-0.4, -0.2) is 44.4 Å². The predicted octanol–water partition coefficient (Wildman–Crippen LogP) is 5.50. The zero-order chi connectivity index (χ0) is 21.5. The van der Waals surface area contributed by atoms with Gasteiger partial charge in [0, 0.05) is 12.1 Å². The number of benzene rings is 3. The average Bonchev–Trinajstić information content (AvgIpc) is 2.76. The lowest BCUT2D eigenvalue weighted by Gasteiger charge is -2.15. The van der Waals surface area contributed by atoms with Gasteiger partial charge in [-0.25, -0.2) is 0 Å². The number of halogens is 1. The molecule has 3 aromatic rings. The first-order valence-electron chi connectivity index (χ1n) is 9.69. The second-order valence-corrected chi connectivity index (χ2v) is 7.52. The van der Waals surface area contributed by atoms with E-state index in [-0.39, 0.29) is 5.75 Å². The highest BCUT2D eigenvalue weighted by Gasteiger charge is 2.13. The molecule has 0 aliphatic heterocycles. The number of hydrogen-bond acceptors (Lipinski definition) is 4. The Morgan fingerprint density at radius 2 is 1.30 bits per heavy atom. The van der Waals surface area contributed by atoms with Crippen LogP contribution in [0, 0.1) is 0 Å². The zero-order valence-electron chi connectivity index (χ0n) is 17.4. The monoisotopic (exact) mass is 423 g/mol. The molecular formula is C25H26ClNO3. The molecule has 156 valence electrons. The van der Waals surface area contributed by atoms with Crippen molar-refractivity contribution in [1.29, 1.82) is 0 Å². The quantitative estimate of drug-likeness (QED) is 0.486. The van der Waals surface area contributed by atoms with Crippen LogP contribution in [0.3, 0.4) is 0 Å². The summed E-state index contributed by atoms with van der Waals surface area (Å²) in [6.07, 6.45) is 0. The zero-order valence-corrected chi connectivity index (χ0v) is 18.2. The van der Waals surface area contributed by atoms with E-state index in [1.807, 2.05) is 74.8 Å². The van der Waals surface area contributed by atoms with Crippen molar-refractivity contribution in [3.63, 3.8) is 0 Å². The summed E-state index contributed by atoms with van der Waals surface area (Å²) in [6, 6.07) is 22.6. The molecule has 5 heteroatoms. The molecular weight excluding hydrogens is 398 g/mol. The minimum Gasteiger partial charge on any atom is -0.508 e. The molecule has 3 rings (SSSR count). The van der Waals surface area contributed by atoms with E-state index in [0.717, 1.165) is 40.3 Å². The summed E-state index contributed by atoms with van der Waals surface area (Å²) in [5, 5.41) is 10.3. The Bertz CT molecular complexity index is 978. The standard InChI is InChI=1S/C25H26ClNO3/c1-27(2)16-17-30-23-14-6-19(7-15-23)24(18-4-10-21(28)11-5-18)25(26)20-8-12-22(29-3)13-9-20/h4-15,28H,16-17H2,1-3H3/b25-24+. The maximum Gasteiger partial charge on any atom is 0.119 e. The van der Waals surface area contributed by atoms with Gasteiger partial charge in [-0.3, -0.25) is 0 Å². The molecule has 0 amide bonds. The maximum atomic E-state index is 9.70. The first kappa shape index (κ1) is 21.8. The van der Waals surface area contributed by atoms with Crippen LogP contribution < -0.4 is 9.47 Å². The Balaban J connectivity index is 1.98. The van der Waals surface area contributed by atoms with Gasteiger partial charge in [-0.05, 0) is 79.3 Å².